The molecule has 0 aliphatic rings. The molecule has 2 aromatic heterocycles. The highest BCUT2D eigenvalue weighted by atomic mass is 32.1. The van der Waals surface area contributed by atoms with Gasteiger partial charge in [-0.25, -0.2) is 0 Å². The smallest absolute Gasteiger partial charge is 0.0303 e. The van der Waals surface area contributed by atoms with Crippen LogP contribution in [0.2, 0.25) is 0 Å². The summed E-state index contributed by atoms with van der Waals surface area (Å²) >= 11 is 1.77. The van der Waals surface area contributed by atoms with Gasteiger partial charge in [-0.3, -0.25) is 4.98 Å². The Morgan fingerprint density at radius 3 is 2.71 bits per heavy atom. The van der Waals surface area contributed by atoms with Crippen molar-refractivity contribution in [2.24, 2.45) is 5.73 Å². The van der Waals surface area contributed by atoms with Crippen LogP contribution in [0, 0.1) is 0 Å². The Morgan fingerprint density at radius 2 is 2.07 bits per heavy atom. The molecule has 0 spiro atoms. The van der Waals surface area contributed by atoms with Gasteiger partial charge in [0.05, 0.1) is 0 Å². The van der Waals surface area contributed by atoms with E-state index >= 15 is 0 Å². The van der Waals surface area contributed by atoms with E-state index < -0.39 is 0 Å². The average Bonchev–Trinajstić information content (AvgIpc) is 2.67. The number of hydrogen-bond acceptors (Lipinski definition) is 3. The Morgan fingerprint density at radius 1 is 1.21 bits per heavy atom. The summed E-state index contributed by atoms with van der Waals surface area (Å²) in [5.74, 6) is 0. The fraction of sp³-hybridized carbons (Fsp3) is 0.182. The van der Waals surface area contributed by atoms with E-state index in [1.54, 1.807) is 17.5 Å². The van der Waals surface area contributed by atoms with Crippen LogP contribution in [0.15, 0.2) is 36.7 Å². The molecule has 0 aliphatic heterocycles. The summed E-state index contributed by atoms with van der Waals surface area (Å²) in [6, 6.07) is 8.29. The number of nitrogens with two attached hydrogens (primary N) is 1. The third-order valence-electron chi connectivity index (χ3n) is 2.02. The Kier molecular flexibility index (Phi) is 2.91. The second-order valence-corrected chi connectivity index (χ2v) is 4.36. The highest BCUT2D eigenvalue weighted by molar-refractivity contribution is 7.12. The van der Waals surface area contributed by atoms with Gasteiger partial charge >= 0.3 is 0 Å². The molecule has 2 heterocycles. The van der Waals surface area contributed by atoms with Gasteiger partial charge in [0.1, 0.15) is 0 Å². The molecule has 0 aromatic carbocycles. The summed E-state index contributed by atoms with van der Waals surface area (Å²) in [5.41, 5.74) is 6.80. The predicted molar refractivity (Wildman–Crippen MR) is 59.3 cm³/mol. The molecule has 0 unspecified atom stereocenters. The van der Waals surface area contributed by atoms with Crippen molar-refractivity contribution in [3.05, 3.63) is 52.0 Å². The molecule has 3 heteroatoms. The Balaban J connectivity index is 2.11. The van der Waals surface area contributed by atoms with Gasteiger partial charge < -0.3 is 5.73 Å². The maximum Gasteiger partial charge on any atom is 0.0303 e. The number of nitrogens with zero attached hydrogens (tertiary/aromatic N) is 1. The normalized spacial score (nSPS) is 10.4. The zero-order valence-electron chi connectivity index (χ0n) is 7.81. The molecule has 14 heavy (non-hydrogen) atoms. The molecule has 2 rings (SSSR count). The van der Waals surface area contributed by atoms with Gasteiger partial charge in [0.25, 0.3) is 0 Å². The second-order valence-electron chi connectivity index (χ2n) is 3.11. The molecule has 2 nitrogen and oxygen atoms in total. The predicted octanol–water partition coefficient (Wildman–Crippen LogP) is 2.19. The van der Waals surface area contributed by atoms with Crippen LogP contribution in [0.4, 0.5) is 0 Å². The van der Waals surface area contributed by atoms with Gasteiger partial charge in [-0.1, -0.05) is 6.07 Å². The van der Waals surface area contributed by atoms with Crippen LogP contribution in [-0.2, 0) is 13.0 Å². The fourth-order valence-electron chi connectivity index (χ4n) is 1.33. The Labute approximate surface area is 87.4 Å². The Hall–Kier alpha value is -1.19. The summed E-state index contributed by atoms with van der Waals surface area (Å²) in [7, 11) is 0. The van der Waals surface area contributed by atoms with Crippen LogP contribution in [-0.4, -0.2) is 4.98 Å². The number of aromatic nitrogens is 1. The van der Waals surface area contributed by atoms with Crippen LogP contribution < -0.4 is 5.73 Å². The van der Waals surface area contributed by atoms with Crippen LogP contribution in [0.1, 0.15) is 15.3 Å². The summed E-state index contributed by atoms with van der Waals surface area (Å²) in [6.07, 6.45) is 4.66. The highest BCUT2D eigenvalue weighted by Crippen LogP contribution is 2.18. The summed E-state index contributed by atoms with van der Waals surface area (Å²) in [6.45, 7) is 0.637. The Bertz CT molecular complexity index is 395. The molecule has 0 aliphatic carbocycles. The number of hydrogen-bond donors (Lipinski definition) is 1. The third-order valence-corrected chi connectivity index (χ3v) is 3.13. The third kappa shape index (κ3) is 2.19. The van der Waals surface area contributed by atoms with Crippen LogP contribution >= 0.6 is 11.3 Å². The lowest BCUT2D eigenvalue weighted by atomic mass is 10.2. The molecule has 0 saturated heterocycles. The minimum absolute atomic E-state index is 0.637. The van der Waals surface area contributed by atoms with Crippen molar-refractivity contribution in [2.45, 2.75) is 13.0 Å². The quantitative estimate of drug-likeness (QED) is 0.832. The standard InChI is InChI=1S/C11H12N2S/c12-7-11-4-3-10(14-11)6-9-2-1-5-13-8-9/h1-5,8H,6-7,12H2. The van der Waals surface area contributed by atoms with Crippen LogP contribution in [0.25, 0.3) is 0 Å². The minimum atomic E-state index is 0.637. The van der Waals surface area contributed by atoms with Crippen molar-refractivity contribution in [3.8, 4) is 0 Å². The van der Waals surface area contributed by atoms with E-state index in [2.05, 4.69) is 23.2 Å². The maximum atomic E-state index is 5.55. The van der Waals surface area contributed by atoms with Crippen molar-refractivity contribution in [1.82, 2.24) is 4.98 Å². The lowest BCUT2D eigenvalue weighted by Crippen LogP contribution is -1.91. The van der Waals surface area contributed by atoms with Gasteiger partial charge in [-0.2, -0.15) is 0 Å². The summed E-state index contributed by atoms with van der Waals surface area (Å²) in [4.78, 5) is 6.67. The highest BCUT2D eigenvalue weighted by Gasteiger charge is 1.99. The van der Waals surface area contributed by atoms with E-state index in [0.717, 1.165) is 6.42 Å². The van der Waals surface area contributed by atoms with Gasteiger partial charge in [-0.15, -0.1) is 11.3 Å². The molecule has 0 amide bonds. The largest absolute Gasteiger partial charge is 0.326 e. The van der Waals surface area contributed by atoms with Crippen molar-refractivity contribution in [2.75, 3.05) is 0 Å². The van der Waals surface area contributed by atoms with Gasteiger partial charge in [0, 0.05) is 35.1 Å². The van der Waals surface area contributed by atoms with E-state index in [9.17, 15) is 0 Å². The summed E-state index contributed by atoms with van der Waals surface area (Å²) in [5, 5.41) is 0. The second kappa shape index (κ2) is 4.35. The van der Waals surface area contributed by atoms with Crippen LogP contribution in [0.5, 0.6) is 0 Å². The molecule has 0 radical (unpaired) electrons. The van der Waals surface area contributed by atoms with Crippen molar-refractivity contribution in [3.63, 3.8) is 0 Å². The van der Waals surface area contributed by atoms with Crippen LogP contribution in [0.3, 0.4) is 0 Å². The number of rotatable bonds is 3. The van der Waals surface area contributed by atoms with E-state index in [-0.39, 0.29) is 0 Å². The van der Waals surface area contributed by atoms with E-state index in [4.69, 9.17) is 5.73 Å². The molecule has 0 atom stereocenters. The molecule has 2 aromatic rings. The first-order chi connectivity index (χ1) is 6.88. The molecular formula is C11H12N2S. The van der Waals surface area contributed by atoms with Gasteiger partial charge in [0.15, 0.2) is 0 Å². The van der Waals surface area contributed by atoms with Crippen molar-refractivity contribution >= 4 is 11.3 Å². The monoisotopic (exact) mass is 204 g/mol. The molecule has 0 saturated carbocycles. The number of pyridine rings is 1. The van der Waals surface area contributed by atoms with E-state index in [1.807, 2.05) is 12.3 Å². The molecule has 2 N–H and O–H groups in total. The SMILES string of the molecule is NCc1ccc(Cc2cccnc2)s1. The van der Waals surface area contributed by atoms with E-state index in [0.29, 0.717) is 6.54 Å². The van der Waals surface area contributed by atoms with E-state index in [1.165, 1.54) is 15.3 Å². The summed E-state index contributed by atoms with van der Waals surface area (Å²) < 4.78 is 0. The molecule has 72 valence electrons. The van der Waals surface area contributed by atoms with Gasteiger partial charge in [-0.05, 0) is 23.8 Å². The minimum Gasteiger partial charge on any atom is -0.326 e. The van der Waals surface area contributed by atoms with Gasteiger partial charge in [0.2, 0.25) is 0 Å². The topological polar surface area (TPSA) is 38.9 Å². The maximum absolute atomic E-state index is 5.55. The van der Waals surface area contributed by atoms with Crippen molar-refractivity contribution in [1.29, 1.82) is 0 Å². The zero-order valence-corrected chi connectivity index (χ0v) is 8.63. The zero-order chi connectivity index (χ0) is 9.80. The van der Waals surface area contributed by atoms with Crippen molar-refractivity contribution < 1.29 is 0 Å². The molecular weight excluding hydrogens is 192 g/mol. The molecule has 0 bridgehead atoms. The fourth-order valence-corrected chi connectivity index (χ4v) is 2.26. The first-order valence-corrected chi connectivity index (χ1v) is 5.36. The molecule has 0 fully saturated rings. The first kappa shape index (κ1) is 9.37. The number of thiophene rings is 1. The lowest BCUT2D eigenvalue weighted by Gasteiger charge is -1.96. The average molecular weight is 204 g/mol. The first-order valence-electron chi connectivity index (χ1n) is 4.55. The lowest BCUT2D eigenvalue weighted by molar-refractivity contribution is 1.11.